The van der Waals surface area contributed by atoms with E-state index in [1.54, 1.807) is 6.26 Å². The number of carboxylic acids is 4. The second-order valence-electron chi connectivity index (χ2n) is 8.95. The third-order valence-corrected chi connectivity index (χ3v) is 6.62. The van der Waals surface area contributed by atoms with Crippen LogP contribution in [0.4, 0.5) is 0 Å². The van der Waals surface area contributed by atoms with E-state index >= 15 is 0 Å². The van der Waals surface area contributed by atoms with Crippen LogP contribution in [-0.2, 0) is 38.4 Å². The quantitative estimate of drug-likeness (QED) is 0.0553. The number of amides is 4. The Kier molecular flexibility index (Phi) is 18.6. The smallest absolute Gasteiger partial charge is 0.327 e. The Bertz CT molecular complexity index is 999. The molecule has 0 fully saturated rings. The number of nitrogens with one attached hydrogen (secondary N) is 4. The molecule has 0 aliphatic heterocycles. The minimum atomic E-state index is -1.57. The van der Waals surface area contributed by atoms with Gasteiger partial charge in [-0.25, -0.2) is 4.79 Å². The number of carbonyl (C=O) groups is 8. The van der Waals surface area contributed by atoms with Crippen molar-refractivity contribution in [1.29, 1.82) is 0 Å². The first kappa shape index (κ1) is 38.4. The molecule has 4 amide bonds. The molecule has 0 aromatic carbocycles. The minimum Gasteiger partial charge on any atom is -0.481 e. The third-order valence-electron chi connectivity index (χ3n) is 5.61. The molecule has 17 nitrogen and oxygen atoms in total. The number of carbonyl (C=O) groups excluding carboxylic acids is 4. The van der Waals surface area contributed by atoms with Crippen LogP contribution in [0.3, 0.4) is 0 Å². The van der Waals surface area contributed by atoms with Crippen LogP contribution < -0.4 is 27.0 Å². The van der Waals surface area contributed by atoms with Crippen molar-refractivity contribution in [2.45, 2.75) is 75.2 Å². The van der Waals surface area contributed by atoms with Crippen molar-refractivity contribution < 1.29 is 58.8 Å². The molecule has 0 saturated carbocycles. The fourth-order valence-corrected chi connectivity index (χ4v) is 3.99. The first-order valence-electron chi connectivity index (χ1n) is 12.6. The minimum absolute atomic E-state index is 0.0572. The highest BCUT2D eigenvalue weighted by molar-refractivity contribution is 7.98. The highest BCUT2D eigenvalue weighted by Crippen LogP contribution is 2.07. The summed E-state index contributed by atoms with van der Waals surface area (Å²) in [5.74, 6) is -9.06. The van der Waals surface area contributed by atoms with Crippen molar-refractivity contribution in [3.8, 4) is 0 Å². The molecular weight excluding hydrogens is 602 g/mol. The summed E-state index contributed by atoms with van der Waals surface area (Å²) in [6.07, 6.45) is -0.961. The molecule has 0 bridgehead atoms. The lowest BCUT2D eigenvalue weighted by atomic mass is 10.1. The lowest BCUT2D eigenvalue weighted by Gasteiger charge is -2.26. The number of carboxylic acid groups (broad SMARTS) is 4. The highest BCUT2D eigenvalue weighted by Gasteiger charge is 2.32. The van der Waals surface area contributed by atoms with Gasteiger partial charge in [-0.05, 0) is 37.7 Å². The van der Waals surface area contributed by atoms with Crippen molar-refractivity contribution in [3.63, 3.8) is 0 Å². The summed E-state index contributed by atoms with van der Waals surface area (Å²) in [4.78, 5) is 95.7. The molecule has 0 heterocycles. The second-order valence-corrected chi connectivity index (χ2v) is 10.3. The Morgan fingerprint density at radius 3 is 1.33 bits per heavy atom. The molecule has 238 valence electrons. The zero-order valence-corrected chi connectivity index (χ0v) is 24.4. The maximum atomic E-state index is 13.1. The first-order chi connectivity index (χ1) is 19.6. The summed E-state index contributed by atoms with van der Waals surface area (Å²) in [6, 6.07) is -7.10. The molecule has 0 aliphatic rings. The second kappa shape index (κ2) is 20.3. The van der Waals surface area contributed by atoms with Gasteiger partial charge in [-0.3, -0.25) is 33.6 Å². The molecule has 0 saturated heterocycles. The van der Waals surface area contributed by atoms with E-state index in [-0.39, 0.29) is 18.6 Å². The monoisotopic (exact) mass is 639 g/mol. The number of nitrogens with two attached hydrogens (primary N) is 1. The third kappa shape index (κ3) is 16.0. The molecule has 5 atom stereocenters. The number of thioether (sulfide) groups is 1. The maximum absolute atomic E-state index is 13.1. The number of thiol groups is 1. The lowest BCUT2D eigenvalue weighted by molar-refractivity contribution is -0.142. The average Bonchev–Trinajstić information content (AvgIpc) is 2.91. The van der Waals surface area contributed by atoms with Crippen molar-refractivity contribution >= 4 is 71.9 Å². The number of rotatable bonds is 22. The van der Waals surface area contributed by atoms with E-state index in [0.29, 0.717) is 5.75 Å². The van der Waals surface area contributed by atoms with Crippen LogP contribution in [0, 0.1) is 0 Å². The first-order valence-corrected chi connectivity index (χ1v) is 14.6. The topological polar surface area (TPSA) is 292 Å². The van der Waals surface area contributed by atoms with Crippen LogP contribution in [0.25, 0.3) is 0 Å². The van der Waals surface area contributed by atoms with Crippen LogP contribution in [0.15, 0.2) is 0 Å². The van der Waals surface area contributed by atoms with Gasteiger partial charge in [0.15, 0.2) is 0 Å². The van der Waals surface area contributed by atoms with Gasteiger partial charge in [-0.1, -0.05) is 0 Å². The molecule has 19 heteroatoms. The van der Waals surface area contributed by atoms with Crippen LogP contribution >= 0.6 is 24.4 Å². The van der Waals surface area contributed by atoms with Crippen LogP contribution in [-0.4, -0.2) is 116 Å². The molecule has 0 unspecified atom stereocenters. The summed E-state index contributed by atoms with van der Waals surface area (Å²) in [5.41, 5.74) is 5.71. The van der Waals surface area contributed by atoms with Gasteiger partial charge in [-0.15, -0.1) is 0 Å². The Balaban J connectivity index is 5.88. The van der Waals surface area contributed by atoms with E-state index in [1.165, 1.54) is 11.8 Å². The molecule has 0 aromatic heterocycles. The van der Waals surface area contributed by atoms with Crippen molar-refractivity contribution in [3.05, 3.63) is 0 Å². The van der Waals surface area contributed by atoms with Gasteiger partial charge >= 0.3 is 23.9 Å². The van der Waals surface area contributed by atoms with Gasteiger partial charge in [0.25, 0.3) is 0 Å². The largest absolute Gasteiger partial charge is 0.481 e. The molecule has 0 radical (unpaired) electrons. The van der Waals surface area contributed by atoms with Gasteiger partial charge < -0.3 is 47.4 Å². The molecule has 0 aliphatic carbocycles. The van der Waals surface area contributed by atoms with Gasteiger partial charge in [-0.2, -0.15) is 24.4 Å². The molecular formula is C23H37N5O12S2. The van der Waals surface area contributed by atoms with Gasteiger partial charge in [0.2, 0.25) is 23.6 Å². The van der Waals surface area contributed by atoms with Crippen LogP contribution in [0.5, 0.6) is 0 Å². The van der Waals surface area contributed by atoms with Crippen LogP contribution in [0.1, 0.15) is 44.9 Å². The number of aliphatic carboxylic acids is 4. The summed E-state index contributed by atoms with van der Waals surface area (Å²) >= 11 is 5.15. The van der Waals surface area contributed by atoms with Crippen molar-refractivity contribution in [2.75, 3.05) is 17.8 Å². The highest BCUT2D eigenvalue weighted by atomic mass is 32.2. The van der Waals surface area contributed by atoms with Crippen molar-refractivity contribution in [1.82, 2.24) is 21.3 Å². The predicted molar refractivity (Wildman–Crippen MR) is 151 cm³/mol. The lowest BCUT2D eigenvalue weighted by Crippen LogP contribution is -2.58. The van der Waals surface area contributed by atoms with Crippen LogP contribution in [0.2, 0.25) is 0 Å². The normalized spacial score (nSPS) is 14.3. The Labute approximate surface area is 250 Å². The maximum Gasteiger partial charge on any atom is 0.327 e. The molecule has 10 N–H and O–H groups in total. The predicted octanol–water partition coefficient (Wildman–Crippen LogP) is -2.39. The molecule has 0 rings (SSSR count). The van der Waals surface area contributed by atoms with E-state index in [4.69, 9.17) is 26.2 Å². The standard InChI is InChI=1S/C23H37N5O12S2/c1-42-9-8-14(25-19(35)11(24)2-5-16(29)30)22(38)27-12(3-6-17(31)32)20(36)26-13(4-7-18(33)34)21(37)28-15(10-41)23(39)40/h11-15,41H,2-10,24H2,1H3,(H,25,35)(H,26,36)(H,27,38)(H,28,37)(H,29,30)(H,31,32)(H,33,34)(H,39,40)/t11-,12-,13-,14-,15-/m0/s1. The summed E-state index contributed by atoms with van der Waals surface area (Å²) < 4.78 is 0. The van der Waals surface area contributed by atoms with Gasteiger partial charge in [0.1, 0.15) is 24.2 Å². The van der Waals surface area contributed by atoms with Gasteiger partial charge in [0, 0.05) is 25.0 Å². The zero-order valence-electron chi connectivity index (χ0n) is 22.7. The van der Waals surface area contributed by atoms with Crippen molar-refractivity contribution in [2.24, 2.45) is 5.73 Å². The summed E-state index contributed by atoms with van der Waals surface area (Å²) in [7, 11) is 0. The Hall–Kier alpha value is -3.58. The van der Waals surface area contributed by atoms with E-state index < -0.39 is 110 Å². The Morgan fingerprint density at radius 2 is 0.976 bits per heavy atom. The van der Waals surface area contributed by atoms with E-state index in [0.717, 1.165) is 0 Å². The van der Waals surface area contributed by atoms with Gasteiger partial charge in [0.05, 0.1) is 6.04 Å². The fourth-order valence-electron chi connectivity index (χ4n) is 3.27. The molecule has 42 heavy (non-hydrogen) atoms. The summed E-state index contributed by atoms with van der Waals surface area (Å²) in [6.45, 7) is 0. The number of hydrogen-bond donors (Lipinski definition) is 10. The number of hydrogen-bond acceptors (Lipinski definition) is 11. The summed E-state index contributed by atoms with van der Waals surface area (Å²) in [5, 5.41) is 45.2. The Morgan fingerprint density at radius 1 is 0.619 bits per heavy atom. The van der Waals surface area contributed by atoms with E-state index in [1.807, 2.05) is 0 Å². The molecule has 0 spiro atoms. The van der Waals surface area contributed by atoms with E-state index in [2.05, 4.69) is 33.9 Å². The SMILES string of the molecule is CSCC[C@H](NC(=O)[C@@H](N)CCC(=O)O)C(=O)N[C@@H](CCC(=O)O)C(=O)N[C@@H](CCC(=O)O)C(=O)N[C@@H](CS)C(=O)O. The van der Waals surface area contributed by atoms with E-state index in [9.17, 15) is 38.4 Å². The zero-order chi connectivity index (χ0) is 32.4. The average molecular weight is 640 g/mol. The fraction of sp³-hybridized carbons (Fsp3) is 0.652. The molecule has 0 aromatic rings.